The zero-order chi connectivity index (χ0) is 15.4. The summed E-state index contributed by atoms with van der Waals surface area (Å²) in [6.45, 7) is 2.05. The van der Waals surface area contributed by atoms with Crippen molar-refractivity contribution in [3.63, 3.8) is 0 Å². The summed E-state index contributed by atoms with van der Waals surface area (Å²) in [5.74, 6) is -0.166. The molecule has 0 unspecified atom stereocenters. The summed E-state index contributed by atoms with van der Waals surface area (Å²) in [4.78, 5) is 11.9. The molecule has 2 N–H and O–H groups in total. The van der Waals surface area contributed by atoms with Gasteiger partial charge in [0.05, 0.1) is 12.2 Å². The van der Waals surface area contributed by atoms with Gasteiger partial charge in [-0.1, -0.05) is 29.3 Å². The Balaban J connectivity index is 1.97. The molecule has 2 aromatic carbocycles. The van der Waals surface area contributed by atoms with Crippen molar-refractivity contribution in [2.75, 3.05) is 17.2 Å². The van der Waals surface area contributed by atoms with E-state index >= 15 is 0 Å². The maximum atomic E-state index is 11.9. The van der Waals surface area contributed by atoms with E-state index in [4.69, 9.17) is 23.2 Å². The standard InChI is InChI=1S/C15H13BrCl2N2O/c1-9-5-12(16)14(7-13(9)18)19-8-15(21)20-11-4-2-3-10(17)6-11/h2-7,19H,8H2,1H3,(H,20,21). The molecule has 0 fully saturated rings. The predicted octanol–water partition coefficient (Wildman–Crippen LogP) is 5.11. The molecule has 21 heavy (non-hydrogen) atoms. The molecule has 0 aliphatic rings. The van der Waals surface area contributed by atoms with E-state index in [1.807, 2.05) is 13.0 Å². The Morgan fingerprint density at radius 1 is 1.24 bits per heavy atom. The molecule has 0 aliphatic carbocycles. The number of hydrogen-bond acceptors (Lipinski definition) is 2. The third-order valence-corrected chi connectivity index (χ3v) is 4.09. The van der Waals surface area contributed by atoms with E-state index in [-0.39, 0.29) is 12.5 Å². The molecule has 3 nitrogen and oxygen atoms in total. The van der Waals surface area contributed by atoms with E-state index < -0.39 is 0 Å². The van der Waals surface area contributed by atoms with Crippen LogP contribution in [0.5, 0.6) is 0 Å². The summed E-state index contributed by atoms with van der Waals surface area (Å²) in [6, 6.07) is 10.7. The summed E-state index contributed by atoms with van der Waals surface area (Å²) < 4.78 is 0.861. The van der Waals surface area contributed by atoms with Crippen molar-refractivity contribution >= 4 is 56.4 Å². The Hall–Kier alpha value is -1.23. The lowest BCUT2D eigenvalue weighted by atomic mass is 10.2. The minimum Gasteiger partial charge on any atom is -0.375 e. The Morgan fingerprint density at radius 2 is 2.00 bits per heavy atom. The normalized spacial score (nSPS) is 10.3. The van der Waals surface area contributed by atoms with Crippen LogP contribution in [0.2, 0.25) is 10.0 Å². The fourth-order valence-corrected chi connectivity index (χ4v) is 2.68. The quantitative estimate of drug-likeness (QED) is 0.764. The summed E-state index contributed by atoms with van der Waals surface area (Å²) in [5, 5.41) is 7.03. The summed E-state index contributed by atoms with van der Waals surface area (Å²) >= 11 is 15.4. The minimum atomic E-state index is -0.166. The lowest BCUT2D eigenvalue weighted by molar-refractivity contribution is -0.114. The minimum absolute atomic E-state index is 0.129. The molecule has 0 saturated heterocycles. The van der Waals surface area contributed by atoms with Crippen molar-refractivity contribution < 1.29 is 4.79 Å². The molecule has 0 atom stereocenters. The van der Waals surface area contributed by atoms with Gasteiger partial charge < -0.3 is 10.6 Å². The van der Waals surface area contributed by atoms with Gasteiger partial charge in [0.1, 0.15) is 0 Å². The molecular weight excluding hydrogens is 375 g/mol. The van der Waals surface area contributed by atoms with E-state index in [2.05, 4.69) is 26.6 Å². The molecule has 0 heterocycles. The molecule has 6 heteroatoms. The average molecular weight is 388 g/mol. The number of hydrogen-bond donors (Lipinski definition) is 2. The molecule has 0 radical (unpaired) electrons. The van der Waals surface area contributed by atoms with Crippen LogP contribution in [0.15, 0.2) is 40.9 Å². The number of halogens is 3. The first-order chi connectivity index (χ1) is 9.95. The van der Waals surface area contributed by atoms with E-state index in [9.17, 15) is 4.79 Å². The topological polar surface area (TPSA) is 41.1 Å². The van der Waals surface area contributed by atoms with Crippen LogP contribution >= 0.6 is 39.1 Å². The largest absolute Gasteiger partial charge is 0.375 e. The van der Waals surface area contributed by atoms with Crippen LogP contribution in [0.4, 0.5) is 11.4 Å². The van der Waals surface area contributed by atoms with Gasteiger partial charge >= 0.3 is 0 Å². The van der Waals surface area contributed by atoms with Crippen molar-refractivity contribution in [2.45, 2.75) is 6.92 Å². The molecule has 2 aromatic rings. The SMILES string of the molecule is Cc1cc(Br)c(NCC(=O)Nc2cccc(Cl)c2)cc1Cl. The van der Waals surface area contributed by atoms with Gasteiger partial charge in [0.25, 0.3) is 0 Å². The molecular formula is C15H13BrCl2N2O. The highest BCUT2D eigenvalue weighted by molar-refractivity contribution is 9.10. The van der Waals surface area contributed by atoms with Crippen LogP contribution in [-0.2, 0) is 4.79 Å². The van der Waals surface area contributed by atoms with Crippen molar-refractivity contribution in [1.29, 1.82) is 0 Å². The first-order valence-electron chi connectivity index (χ1n) is 6.20. The second kappa shape index (κ2) is 7.16. The Kier molecular flexibility index (Phi) is 5.51. The third kappa shape index (κ3) is 4.63. The van der Waals surface area contributed by atoms with Crippen molar-refractivity contribution in [2.24, 2.45) is 0 Å². The van der Waals surface area contributed by atoms with Gasteiger partial charge in [0, 0.05) is 20.2 Å². The highest BCUT2D eigenvalue weighted by Gasteiger charge is 2.07. The summed E-state index contributed by atoms with van der Waals surface area (Å²) in [6.07, 6.45) is 0. The summed E-state index contributed by atoms with van der Waals surface area (Å²) in [5.41, 5.74) is 2.40. The lowest BCUT2D eigenvalue weighted by Gasteiger charge is -2.11. The van der Waals surface area contributed by atoms with Crippen LogP contribution in [0, 0.1) is 6.92 Å². The predicted molar refractivity (Wildman–Crippen MR) is 92.5 cm³/mol. The fourth-order valence-electron chi connectivity index (χ4n) is 1.73. The second-order valence-electron chi connectivity index (χ2n) is 4.49. The fraction of sp³-hybridized carbons (Fsp3) is 0.133. The van der Waals surface area contributed by atoms with Gasteiger partial charge in [-0.3, -0.25) is 4.79 Å². The van der Waals surface area contributed by atoms with E-state index in [1.165, 1.54) is 0 Å². The number of anilines is 2. The number of nitrogens with one attached hydrogen (secondary N) is 2. The maximum Gasteiger partial charge on any atom is 0.243 e. The highest BCUT2D eigenvalue weighted by Crippen LogP contribution is 2.29. The Bertz CT molecular complexity index is 677. The number of benzene rings is 2. The first kappa shape index (κ1) is 16.1. The zero-order valence-corrected chi connectivity index (χ0v) is 14.3. The van der Waals surface area contributed by atoms with E-state index in [0.29, 0.717) is 15.7 Å². The molecule has 0 spiro atoms. The van der Waals surface area contributed by atoms with Crippen LogP contribution in [-0.4, -0.2) is 12.5 Å². The van der Waals surface area contributed by atoms with Gasteiger partial charge in [-0.25, -0.2) is 0 Å². The van der Waals surface area contributed by atoms with Gasteiger partial charge in [-0.05, 0) is 58.7 Å². The smallest absolute Gasteiger partial charge is 0.243 e. The maximum absolute atomic E-state index is 11.9. The summed E-state index contributed by atoms with van der Waals surface area (Å²) in [7, 11) is 0. The van der Waals surface area contributed by atoms with Crippen molar-refractivity contribution in [1.82, 2.24) is 0 Å². The number of carbonyl (C=O) groups excluding carboxylic acids is 1. The average Bonchev–Trinajstić information content (AvgIpc) is 2.41. The lowest BCUT2D eigenvalue weighted by Crippen LogP contribution is -2.21. The van der Waals surface area contributed by atoms with Crippen LogP contribution in [0.25, 0.3) is 0 Å². The Morgan fingerprint density at radius 3 is 2.71 bits per heavy atom. The number of amides is 1. The molecule has 0 bridgehead atoms. The third-order valence-electron chi connectivity index (χ3n) is 2.80. The first-order valence-corrected chi connectivity index (χ1v) is 7.75. The van der Waals surface area contributed by atoms with E-state index in [0.717, 1.165) is 15.7 Å². The van der Waals surface area contributed by atoms with E-state index in [1.54, 1.807) is 30.3 Å². The molecule has 1 amide bonds. The highest BCUT2D eigenvalue weighted by atomic mass is 79.9. The van der Waals surface area contributed by atoms with Crippen LogP contribution < -0.4 is 10.6 Å². The van der Waals surface area contributed by atoms with Crippen molar-refractivity contribution in [3.8, 4) is 0 Å². The number of carbonyl (C=O) groups is 1. The molecule has 0 aromatic heterocycles. The molecule has 2 rings (SSSR count). The monoisotopic (exact) mass is 386 g/mol. The van der Waals surface area contributed by atoms with Crippen molar-refractivity contribution in [3.05, 3.63) is 56.5 Å². The zero-order valence-electron chi connectivity index (χ0n) is 11.2. The molecule has 110 valence electrons. The number of rotatable bonds is 4. The van der Waals surface area contributed by atoms with Crippen LogP contribution in [0.1, 0.15) is 5.56 Å². The van der Waals surface area contributed by atoms with Gasteiger partial charge in [0.15, 0.2) is 0 Å². The number of aryl methyl sites for hydroxylation is 1. The van der Waals surface area contributed by atoms with Crippen LogP contribution in [0.3, 0.4) is 0 Å². The van der Waals surface area contributed by atoms with Gasteiger partial charge in [-0.2, -0.15) is 0 Å². The second-order valence-corrected chi connectivity index (χ2v) is 6.19. The van der Waals surface area contributed by atoms with Gasteiger partial charge in [0.2, 0.25) is 5.91 Å². The van der Waals surface area contributed by atoms with Gasteiger partial charge in [-0.15, -0.1) is 0 Å². The Labute approximate surface area is 141 Å². The molecule has 0 aliphatic heterocycles. The molecule has 0 saturated carbocycles.